The summed E-state index contributed by atoms with van der Waals surface area (Å²) in [7, 11) is 0. The number of hydrazone groups is 1. The Morgan fingerprint density at radius 2 is 1.83 bits per heavy atom. The minimum atomic E-state index is -0.450. The number of nitro benzene ring substituents is 1. The zero-order chi connectivity index (χ0) is 20.9. The number of hydrogen-bond donors (Lipinski definition) is 1. The zero-order valence-electron chi connectivity index (χ0n) is 16.2. The third-order valence-electron chi connectivity index (χ3n) is 4.96. The standard InChI is InChI=1S/C22H20N4O4/c27-22(18-6-5-16-3-1-2-4-17(16)13-18)24-23-15-19-14-20(26(28)29)7-8-21(19)25-9-11-30-12-10-25/h1-8,13-15H,9-12H2,(H,24,27)/b23-15-. The van der Waals surface area contributed by atoms with Gasteiger partial charge in [-0.3, -0.25) is 14.9 Å². The number of nitrogens with one attached hydrogen (secondary N) is 1. The van der Waals surface area contributed by atoms with E-state index in [9.17, 15) is 14.9 Å². The second-order valence-corrected chi connectivity index (χ2v) is 6.86. The number of ether oxygens (including phenoxy) is 1. The molecule has 0 unspecified atom stereocenters. The van der Waals surface area contributed by atoms with E-state index in [-0.39, 0.29) is 11.6 Å². The summed E-state index contributed by atoms with van der Waals surface area (Å²) in [4.78, 5) is 25.3. The number of rotatable bonds is 5. The molecule has 0 aromatic heterocycles. The number of morpholine rings is 1. The molecule has 1 heterocycles. The molecular formula is C22H20N4O4. The van der Waals surface area contributed by atoms with Crippen LogP contribution in [-0.2, 0) is 4.74 Å². The first kappa shape index (κ1) is 19.5. The molecular weight excluding hydrogens is 384 g/mol. The molecule has 1 fully saturated rings. The van der Waals surface area contributed by atoms with Crippen LogP contribution in [0.4, 0.5) is 11.4 Å². The zero-order valence-corrected chi connectivity index (χ0v) is 16.2. The highest BCUT2D eigenvalue weighted by Gasteiger charge is 2.17. The van der Waals surface area contributed by atoms with Gasteiger partial charge in [0.15, 0.2) is 0 Å². The summed E-state index contributed by atoms with van der Waals surface area (Å²) in [6.07, 6.45) is 1.44. The van der Waals surface area contributed by atoms with Gasteiger partial charge in [-0.2, -0.15) is 5.10 Å². The van der Waals surface area contributed by atoms with Crippen LogP contribution < -0.4 is 10.3 Å². The third-order valence-corrected chi connectivity index (χ3v) is 4.96. The van der Waals surface area contributed by atoms with Crippen molar-refractivity contribution in [2.24, 2.45) is 5.10 Å². The summed E-state index contributed by atoms with van der Waals surface area (Å²) in [5.41, 5.74) is 4.33. The van der Waals surface area contributed by atoms with E-state index in [0.717, 1.165) is 16.5 Å². The lowest BCUT2D eigenvalue weighted by molar-refractivity contribution is -0.384. The van der Waals surface area contributed by atoms with Crippen LogP contribution in [-0.4, -0.2) is 43.3 Å². The second kappa shape index (κ2) is 8.71. The smallest absolute Gasteiger partial charge is 0.271 e. The molecule has 4 rings (SSSR count). The predicted molar refractivity (Wildman–Crippen MR) is 115 cm³/mol. The van der Waals surface area contributed by atoms with Gasteiger partial charge in [0.1, 0.15) is 0 Å². The number of nitrogens with zero attached hydrogens (tertiary/aromatic N) is 3. The van der Waals surface area contributed by atoms with Gasteiger partial charge in [0.05, 0.1) is 24.4 Å². The largest absolute Gasteiger partial charge is 0.378 e. The summed E-state index contributed by atoms with van der Waals surface area (Å²) in [5, 5.41) is 17.2. The molecule has 1 N–H and O–H groups in total. The number of carbonyl (C=O) groups excluding carboxylic acids is 1. The Morgan fingerprint density at radius 1 is 1.07 bits per heavy atom. The number of nitro groups is 1. The van der Waals surface area contributed by atoms with Crippen LogP contribution in [0.3, 0.4) is 0 Å². The lowest BCUT2D eigenvalue weighted by Gasteiger charge is -2.29. The second-order valence-electron chi connectivity index (χ2n) is 6.86. The van der Waals surface area contributed by atoms with Crippen molar-refractivity contribution >= 4 is 34.3 Å². The fourth-order valence-electron chi connectivity index (χ4n) is 3.41. The number of hydrogen-bond acceptors (Lipinski definition) is 6. The first-order chi connectivity index (χ1) is 14.6. The number of fused-ring (bicyclic) bond motifs is 1. The molecule has 0 aliphatic carbocycles. The highest BCUT2D eigenvalue weighted by molar-refractivity contribution is 5.99. The predicted octanol–water partition coefficient (Wildman–Crippen LogP) is 3.35. The summed E-state index contributed by atoms with van der Waals surface area (Å²) >= 11 is 0. The molecule has 152 valence electrons. The van der Waals surface area contributed by atoms with Crippen molar-refractivity contribution in [1.29, 1.82) is 0 Å². The van der Waals surface area contributed by atoms with Crippen molar-refractivity contribution < 1.29 is 14.5 Å². The van der Waals surface area contributed by atoms with Crippen molar-refractivity contribution in [2.45, 2.75) is 0 Å². The third kappa shape index (κ3) is 4.28. The molecule has 0 radical (unpaired) electrons. The van der Waals surface area contributed by atoms with Crippen LogP contribution in [0.25, 0.3) is 10.8 Å². The number of non-ortho nitro benzene ring substituents is 1. The Kier molecular flexibility index (Phi) is 5.67. The van der Waals surface area contributed by atoms with E-state index in [2.05, 4.69) is 15.4 Å². The monoisotopic (exact) mass is 404 g/mol. The Labute approximate surface area is 172 Å². The van der Waals surface area contributed by atoms with Gasteiger partial charge in [0.2, 0.25) is 0 Å². The maximum Gasteiger partial charge on any atom is 0.271 e. The summed E-state index contributed by atoms with van der Waals surface area (Å²) in [6.45, 7) is 2.54. The topological polar surface area (TPSA) is 97.1 Å². The molecule has 0 spiro atoms. The van der Waals surface area contributed by atoms with Gasteiger partial charge in [0, 0.05) is 42.0 Å². The molecule has 3 aromatic rings. The number of amides is 1. The number of benzene rings is 3. The molecule has 8 heteroatoms. The van der Waals surface area contributed by atoms with Gasteiger partial charge in [-0.05, 0) is 29.0 Å². The van der Waals surface area contributed by atoms with Crippen molar-refractivity contribution in [3.8, 4) is 0 Å². The molecule has 0 bridgehead atoms. The first-order valence-electron chi connectivity index (χ1n) is 9.55. The van der Waals surface area contributed by atoms with Gasteiger partial charge >= 0.3 is 0 Å². The molecule has 1 amide bonds. The Balaban J connectivity index is 1.54. The van der Waals surface area contributed by atoms with E-state index in [1.807, 2.05) is 30.3 Å². The SMILES string of the molecule is O=C(N/N=C\c1cc([N+](=O)[O-])ccc1N1CCOCC1)c1ccc2ccccc2c1. The van der Waals surface area contributed by atoms with Gasteiger partial charge in [-0.15, -0.1) is 0 Å². The normalized spacial score (nSPS) is 14.2. The maximum atomic E-state index is 12.5. The van der Waals surface area contributed by atoms with Gasteiger partial charge in [0.25, 0.3) is 11.6 Å². The van der Waals surface area contributed by atoms with E-state index in [1.165, 1.54) is 18.3 Å². The van der Waals surface area contributed by atoms with Crippen LogP contribution in [0.1, 0.15) is 15.9 Å². The molecule has 0 saturated carbocycles. The number of anilines is 1. The molecule has 0 atom stereocenters. The molecule has 1 saturated heterocycles. The highest BCUT2D eigenvalue weighted by Crippen LogP contribution is 2.25. The van der Waals surface area contributed by atoms with E-state index in [1.54, 1.807) is 18.2 Å². The average Bonchev–Trinajstić information content (AvgIpc) is 2.79. The number of carbonyl (C=O) groups is 1. The highest BCUT2D eigenvalue weighted by atomic mass is 16.6. The first-order valence-corrected chi connectivity index (χ1v) is 9.55. The van der Waals surface area contributed by atoms with Crippen LogP contribution >= 0.6 is 0 Å². The van der Waals surface area contributed by atoms with Gasteiger partial charge in [-0.1, -0.05) is 30.3 Å². The lowest BCUT2D eigenvalue weighted by Crippen LogP contribution is -2.36. The fourth-order valence-corrected chi connectivity index (χ4v) is 3.41. The van der Waals surface area contributed by atoms with Gasteiger partial charge in [-0.25, -0.2) is 5.43 Å². The van der Waals surface area contributed by atoms with Crippen LogP contribution in [0.5, 0.6) is 0 Å². The summed E-state index contributed by atoms with van der Waals surface area (Å²) in [5.74, 6) is -0.352. The van der Waals surface area contributed by atoms with Crippen molar-refractivity contribution in [3.63, 3.8) is 0 Å². The van der Waals surface area contributed by atoms with E-state index in [4.69, 9.17) is 4.74 Å². The van der Waals surface area contributed by atoms with E-state index in [0.29, 0.717) is 37.4 Å². The Hall–Kier alpha value is -3.78. The maximum absolute atomic E-state index is 12.5. The quantitative estimate of drug-likeness (QED) is 0.400. The minimum absolute atomic E-state index is 0.0330. The van der Waals surface area contributed by atoms with Crippen molar-refractivity contribution in [2.75, 3.05) is 31.2 Å². The summed E-state index contributed by atoms with van der Waals surface area (Å²) < 4.78 is 5.37. The Bertz CT molecular complexity index is 1120. The van der Waals surface area contributed by atoms with Crippen LogP contribution in [0.15, 0.2) is 65.8 Å². The molecule has 8 nitrogen and oxygen atoms in total. The van der Waals surface area contributed by atoms with E-state index < -0.39 is 4.92 Å². The minimum Gasteiger partial charge on any atom is -0.378 e. The van der Waals surface area contributed by atoms with Crippen molar-refractivity contribution in [3.05, 3.63) is 81.9 Å². The lowest BCUT2D eigenvalue weighted by atomic mass is 10.1. The summed E-state index contributed by atoms with van der Waals surface area (Å²) in [6, 6.07) is 17.8. The fraction of sp³-hybridized carbons (Fsp3) is 0.182. The van der Waals surface area contributed by atoms with Crippen LogP contribution in [0, 0.1) is 10.1 Å². The molecule has 1 aliphatic rings. The van der Waals surface area contributed by atoms with Crippen LogP contribution in [0.2, 0.25) is 0 Å². The molecule has 3 aromatic carbocycles. The average molecular weight is 404 g/mol. The van der Waals surface area contributed by atoms with Crippen molar-refractivity contribution in [1.82, 2.24) is 5.43 Å². The molecule has 1 aliphatic heterocycles. The Morgan fingerprint density at radius 3 is 2.60 bits per heavy atom. The molecule has 30 heavy (non-hydrogen) atoms. The van der Waals surface area contributed by atoms with E-state index >= 15 is 0 Å². The van der Waals surface area contributed by atoms with Gasteiger partial charge < -0.3 is 9.64 Å².